The van der Waals surface area contributed by atoms with E-state index in [2.05, 4.69) is 58.9 Å². The van der Waals surface area contributed by atoms with Gasteiger partial charge >= 0.3 is 0 Å². The third-order valence-electron chi connectivity index (χ3n) is 4.57. The lowest BCUT2D eigenvalue weighted by molar-refractivity contribution is 0.502. The predicted molar refractivity (Wildman–Crippen MR) is 74.3 cm³/mol. The summed E-state index contributed by atoms with van der Waals surface area (Å²) in [6.45, 7) is 12.1. The Morgan fingerprint density at radius 1 is 1.12 bits per heavy atom. The Hall–Kier alpha value is -0.820. The van der Waals surface area contributed by atoms with Crippen LogP contribution in [0.5, 0.6) is 0 Å². The second-order valence-corrected chi connectivity index (χ2v) is 7.17. The molecule has 1 heteroatoms. The van der Waals surface area contributed by atoms with Gasteiger partial charge in [-0.05, 0) is 28.4 Å². The number of hydrogen-bond donors (Lipinski definition) is 1. The van der Waals surface area contributed by atoms with E-state index < -0.39 is 0 Å². The zero-order valence-electron chi connectivity index (χ0n) is 11.8. The Morgan fingerprint density at radius 3 is 1.88 bits per heavy atom. The first-order valence-corrected chi connectivity index (χ1v) is 6.54. The molecule has 17 heavy (non-hydrogen) atoms. The Morgan fingerprint density at radius 2 is 1.59 bits per heavy atom. The molecule has 0 spiro atoms. The van der Waals surface area contributed by atoms with Crippen molar-refractivity contribution in [3.05, 3.63) is 35.4 Å². The van der Waals surface area contributed by atoms with E-state index in [1.165, 1.54) is 17.5 Å². The molecule has 1 aromatic carbocycles. The molecule has 0 bridgehead atoms. The first kappa shape index (κ1) is 12.6. The average molecular weight is 231 g/mol. The molecular weight excluding hydrogens is 206 g/mol. The maximum Gasteiger partial charge on any atom is 0.0132 e. The second-order valence-electron chi connectivity index (χ2n) is 7.17. The van der Waals surface area contributed by atoms with Crippen molar-refractivity contribution in [2.45, 2.75) is 51.9 Å². The van der Waals surface area contributed by atoms with Crippen LogP contribution in [0.1, 0.15) is 52.2 Å². The highest BCUT2D eigenvalue weighted by Gasteiger charge is 2.60. The van der Waals surface area contributed by atoms with Crippen molar-refractivity contribution in [3.8, 4) is 0 Å². The minimum absolute atomic E-state index is 0.226. The number of nitrogens with two attached hydrogens (primary N) is 1. The molecule has 1 fully saturated rings. The molecule has 2 rings (SSSR count). The Labute approximate surface area is 105 Å². The van der Waals surface area contributed by atoms with Crippen molar-refractivity contribution in [3.63, 3.8) is 0 Å². The molecule has 1 aromatic rings. The largest absolute Gasteiger partial charge is 0.330 e. The zero-order valence-corrected chi connectivity index (χ0v) is 11.8. The topological polar surface area (TPSA) is 26.0 Å². The monoisotopic (exact) mass is 231 g/mol. The van der Waals surface area contributed by atoms with Gasteiger partial charge in [-0.25, -0.2) is 0 Å². The van der Waals surface area contributed by atoms with E-state index in [1.807, 2.05) is 0 Å². The summed E-state index contributed by atoms with van der Waals surface area (Å²) in [5.41, 5.74) is 9.63. The minimum atomic E-state index is 0.226. The van der Waals surface area contributed by atoms with Gasteiger partial charge in [-0.2, -0.15) is 0 Å². The molecule has 0 aromatic heterocycles. The highest BCUT2D eigenvalue weighted by molar-refractivity contribution is 5.40. The fourth-order valence-electron chi connectivity index (χ4n) is 2.96. The van der Waals surface area contributed by atoms with Gasteiger partial charge in [-0.15, -0.1) is 0 Å². The van der Waals surface area contributed by atoms with Gasteiger partial charge < -0.3 is 5.73 Å². The normalized spacial score (nSPS) is 26.9. The molecule has 0 amide bonds. The molecule has 1 aliphatic rings. The van der Waals surface area contributed by atoms with Gasteiger partial charge in [0.25, 0.3) is 0 Å². The van der Waals surface area contributed by atoms with Crippen molar-refractivity contribution < 1.29 is 0 Å². The molecule has 2 N–H and O–H groups in total. The van der Waals surface area contributed by atoms with E-state index in [0.29, 0.717) is 5.41 Å². The number of rotatable bonds is 2. The van der Waals surface area contributed by atoms with E-state index in [1.54, 1.807) is 0 Å². The van der Waals surface area contributed by atoms with Crippen LogP contribution < -0.4 is 5.73 Å². The van der Waals surface area contributed by atoms with Crippen molar-refractivity contribution in [1.82, 2.24) is 0 Å². The lowest BCUT2D eigenvalue weighted by Crippen LogP contribution is -2.25. The third-order valence-corrected chi connectivity index (χ3v) is 4.57. The molecular formula is C16H25N. The summed E-state index contributed by atoms with van der Waals surface area (Å²) in [4.78, 5) is 0. The van der Waals surface area contributed by atoms with Crippen LogP contribution in [0.15, 0.2) is 24.3 Å². The molecule has 0 aliphatic heterocycles. The highest BCUT2D eigenvalue weighted by atomic mass is 14.7. The Kier molecular flexibility index (Phi) is 2.66. The lowest BCUT2D eigenvalue weighted by atomic mass is 9.83. The summed E-state index contributed by atoms with van der Waals surface area (Å²) in [7, 11) is 0. The maximum atomic E-state index is 6.00. The van der Waals surface area contributed by atoms with Gasteiger partial charge in [-0.3, -0.25) is 0 Å². The van der Waals surface area contributed by atoms with Gasteiger partial charge in [0.1, 0.15) is 0 Å². The zero-order chi connectivity index (χ0) is 12.9. The van der Waals surface area contributed by atoms with Gasteiger partial charge in [0.2, 0.25) is 0 Å². The summed E-state index contributed by atoms with van der Waals surface area (Å²) >= 11 is 0. The first-order valence-electron chi connectivity index (χ1n) is 6.54. The SMILES string of the molecule is CC(C)(C)c1ccc(C2(CN)CC2(C)C)cc1. The van der Waals surface area contributed by atoms with Crippen LogP contribution in [-0.2, 0) is 10.8 Å². The van der Waals surface area contributed by atoms with E-state index in [4.69, 9.17) is 5.73 Å². The highest BCUT2D eigenvalue weighted by Crippen LogP contribution is 2.63. The molecule has 1 aliphatic carbocycles. The van der Waals surface area contributed by atoms with Crippen LogP contribution in [0.3, 0.4) is 0 Å². The van der Waals surface area contributed by atoms with Crippen molar-refractivity contribution in [2.75, 3.05) is 6.54 Å². The van der Waals surface area contributed by atoms with Gasteiger partial charge in [-0.1, -0.05) is 58.9 Å². The average Bonchev–Trinajstić information content (AvgIpc) is 2.81. The molecule has 0 heterocycles. The molecule has 1 unspecified atom stereocenters. The quantitative estimate of drug-likeness (QED) is 0.826. The smallest absolute Gasteiger partial charge is 0.0132 e. The van der Waals surface area contributed by atoms with Crippen LogP contribution in [0.4, 0.5) is 0 Å². The lowest BCUT2D eigenvalue weighted by Gasteiger charge is -2.23. The molecule has 0 radical (unpaired) electrons. The molecule has 1 saturated carbocycles. The Balaban J connectivity index is 2.31. The summed E-state index contributed by atoms with van der Waals surface area (Å²) in [6.07, 6.45) is 1.21. The fraction of sp³-hybridized carbons (Fsp3) is 0.625. The van der Waals surface area contributed by atoms with Crippen LogP contribution in [-0.4, -0.2) is 6.54 Å². The first-order chi connectivity index (χ1) is 7.73. The van der Waals surface area contributed by atoms with Gasteiger partial charge in [0.15, 0.2) is 0 Å². The third kappa shape index (κ3) is 1.91. The number of benzene rings is 1. The summed E-state index contributed by atoms with van der Waals surface area (Å²) in [5, 5.41) is 0. The number of hydrogen-bond acceptors (Lipinski definition) is 1. The fourth-order valence-corrected chi connectivity index (χ4v) is 2.96. The van der Waals surface area contributed by atoms with Crippen molar-refractivity contribution in [2.24, 2.45) is 11.1 Å². The van der Waals surface area contributed by atoms with Crippen molar-refractivity contribution >= 4 is 0 Å². The second kappa shape index (κ2) is 3.58. The standard InChI is InChI=1S/C16H25N/c1-14(2,3)12-6-8-13(9-7-12)16(11-17)10-15(16,4)5/h6-9H,10-11,17H2,1-5H3. The summed E-state index contributed by atoms with van der Waals surface area (Å²) < 4.78 is 0. The maximum absolute atomic E-state index is 6.00. The van der Waals surface area contributed by atoms with E-state index in [9.17, 15) is 0 Å². The van der Waals surface area contributed by atoms with Crippen molar-refractivity contribution in [1.29, 1.82) is 0 Å². The molecule has 0 saturated heterocycles. The van der Waals surface area contributed by atoms with Crippen LogP contribution >= 0.6 is 0 Å². The Bertz CT molecular complexity index is 408. The van der Waals surface area contributed by atoms with E-state index >= 15 is 0 Å². The van der Waals surface area contributed by atoms with E-state index in [-0.39, 0.29) is 10.8 Å². The van der Waals surface area contributed by atoms with Crippen LogP contribution in [0.2, 0.25) is 0 Å². The molecule has 1 atom stereocenters. The summed E-state index contributed by atoms with van der Waals surface area (Å²) in [6, 6.07) is 9.09. The van der Waals surface area contributed by atoms with Crippen LogP contribution in [0, 0.1) is 5.41 Å². The summed E-state index contributed by atoms with van der Waals surface area (Å²) in [5.74, 6) is 0. The van der Waals surface area contributed by atoms with Crippen LogP contribution in [0.25, 0.3) is 0 Å². The van der Waals surface area contributed by atoms with E-state index in [0.717, 1.165) is 6.54 Å². The predicted octanol–water partition coefficient (Wildman–Crippen LogP) is 3.61. The van der Waals surface area contributed by atoms with Gasteiger partial charge in [0.05, 0.1) is 0 Å². The molecule has 94 valence electrons. The van der Waals surface area contributed by atoms with Gasteiger partial charge in [0, 0.05) is 12.0 Å². The molecule has 1 nitrogen and oxygen atoms in total. The minimum Gasteiger partial charge on any atom is -0.330 e.